The molecule has 0 aliphatic carbocycles. The quantitative estimate of drug-likeness (QED) is 0.410. The minimum absolute atomic E-state index is 0.314. The lowest BCUT2D eigenvalue weighted by molar-refractivity contribution is 0.214. The van der Waals surface area contributed by atoms with E-state index in [1.54, 1.807) is 5.01 Å². The third-order valence-corrected chi connectivity index (χ3v) is 1.49. The van der Waals surface area contributed by atoms with E-state index in [9.17, 15) is 0 Å². The number of piperidine rings is 1. The largest absolute Gasteiger partial charge is 0.326 e. The molecule has 48 valence electrons. The molecule has 1 rings (SSSR count). The highest BCUT2D eigenvalue weighted by Gasteiger charge is 2.12. The molecule has 0 bridgehead atoms. The third kappa shape index (κ3) is 1.43. The van der Waals surface area contributed by atoms with Crippen LogP contribution in [0.25, 0.3) is 0 Å². The van der Waals surface area contributed by atoms with E-state index in [0.29, 0.717) is 6.04 Å². The first kappa shape index (κ1) is 6.01. The number of nitrogens with two attached hydrogens (primary N) is 2. The van der Waals surface area contributed by atoms with E-state index >= 15 is 0 Å². The predicted molar refractivity (Wildman–Crippen MR) is 33.0 cm³/mol. The Labute approximate surface area is 49.6 Å². The van der Waals surface area contributed by atoms with E-state index < -0.39 is 0 Å². The van der Waals surface area contributed by atoms with Gasteiger partial charge in [0.25, 0.3) is 0 Å². The number of hydrazine groups is 1. The minimum atomic E-state index is 0.314. The van der Waals surface area contributed by atoms with Crippen LogP contribution >= 0.6 is 0 Å². The summed E-state index contributed by atoms with van der Waals surface area (Å²) in [5.41, 5.74) is 5.60. The van der Waals surface area contributed by atoms with Crippen molar-refractivity contribution in [3.05, 3.63) is 0 Å². The van der Waals surface area contributed by atoms with E-state index in [-0.39, 0.29) is 0 Å². The van der Waals surface area contributed by atoms with E-state index in [1.165, 1.54) is 0 Å². The maximum absolute atomic E-state index is 5.60. The summed E-state index contributed by atoms with van der Waals surface area (Å²) >= 11 is 0. The van der Waals surface area contributed by atoms with Crippen molar-refractivity contribution in [3.8, 4) is 0 Å². The second-order valence-electron chi connectivity index (χ2n) is 2.40. The highest BCUT2D eigenvalue weighted by atomic mass is 15.4. The summed E-state index contributed by atoms with van der Waals surface area (Å²) in [7, 11) is 0. The smallest absolute Gasteiger partial charge is 0.0280 e. The maximum Gasteiger partial charge on any atom is 0.0280 e. The first-order chi connectivity index (χ1) is 3.79. The Morgan fingerprint density at radius 1 is 1.50 bits per heavy atom. The van der Waals surface area contributed by atoms with Gasteiger partial charge >= 0.3 is 0 Å². The van der Waals surface area contributed by atoms with Gasteiger partial charge in [-0.3, -0.25) is 5.84 Å². The average molecular weight is 115 g/mol. The molecule has 0 spiro atoms. The fraction of sp³-hybridized carbons (Fsp3) is 1.00. The first-order valence-corrected chi connectivity index (χ1v) is 3.04. The van der Waals surface area contributed by atoms with Crippen molar-refractivity contribution in [3.63, 3.8) is 0 Å². The van der Waals surface area contributed by atoms with Crippen LogP contribution in [0, 0.1) is 0 Å². The van der Waals surface area contributed by atoms with Crippen molar-refractivity contribution in [1.82, 2.24) is 5.01 Å². The molecule has 0 aromatic heterocycles. The molecule has 8 heavy (non-hydrogen) atoms. The summed E-state index contributed by atoms with van der Waals surface area (Å²) in [6.07, 6.45) is 2.28. The van der Waals surface area contributed by atoms with E-state index in [4.69, 9.17) is 11.6 Å². The van der Waals surface area contributed by atoms with Gasteiger partial charge in [0.1, 0.15) is 0 Å². The average Bonchev–Trinajstić information content (AvgIpc) is 1.64. The van der Waals surface area contributed by atoms with E-state index in [1.807, 2.05) is 0 Å². The zero-order valence-corrected chi connectivity index (χ0v) is 5.01. The molecule has 0 radical (unpaired) electrons. The van der Waals surface area contributed by atoms with Crippen molar-refractivity contribution in [2.45, 2.75) is 18.9 Å². The Morgan fingerprint density at radius 2 is 2.25 bits per heavy atom. The molecule has 0 aromatic rings. The molecule has 0 amide bonds. The van der Waals surface area contributed by atoms with Crippen LogP contribution in [-0.2, 0) is 0 Å². The van der Waals surface area contributed by atoms with Crippen molar-refractivity contribution in [2.75, 3.05) is 13.1 Å². The van der Waals surface area contributed by atoms with Crippen LogP contribution in [0.1, 0.15) is 12.8 Å². The molecule has 0 saturated carbocycles. The van der Waals surface area contributed by atoms with E-state index in [2.05, 4.69) is 0 Å². The molecule has 3 nitrogen and oxygen atoms in total. The van der Waals surface area contributed by atoms with Crippen LogP contribution in [0.15, 0.2) is 0 Å². The molecular weight excluding hydrogens is 102 g/mol. The van der Waals surface area contributed by atoms with Crippen LogP contribution in [0.5, 0.6) is 0 Å². The topological polar surface area (TPSA) is 55.3 Å². The highest BCUT2D eigenvalue weighted by molar-refractivity contribution is 4.70. The summed E-state index contributed by atoms with van der Waals surface area (Å²) in [5, 5.41) is 1.79. The monoisotopic (exact) mass is 115 g/mol. The maximum atomic E-state index is 5.60. The van der Waals surface area contributed by atoms with Gasteiger partial charge in [-0.25, -0.2) is 5.01 Å². The molecule has 4 N–H and O–H groups in total. The van der Waals surface area contributed by atoms with E-state index in [0.717, 1.165) is 25.9 Å². The number of hydrogen-bond acceptors (Lipinski definition) is 3. The SMILES string of the molecule is N[C@H]1CCCN(N)C1. The Hall–Kier alpha value is -0.120. The van der Waals surface area contributed by atoms with Crippen molar-refractivity contribution in [2.24, 2.45) is 11.6 Å². The number of nitrogens with zero attached hydrogens (tertiary/aromatic N) is 1. The van der Waals surface area contributed by atoms with Gasteiger partial charge < -0.3 is 5.73 Å². The highest BCUT2D eigenvalue weighted by Crippen LogP contribution is 2.02. The molecule has 0 unspecified atom stereocenters. The van der Waals surface area contributed by atoms with Crippen molar-refractivity contribution < 1.29 is 0 Å². The lowest BCUT2D eigenvalue weighted by Crippen LogP contribution is -2.46. The fourth-order valence-corrected chi connectivity index (χ4v) is 1.04. The third-order valence-electron chi connectivity index (χ3n) is 1.49. The molecule has 1 saturated heterocycles. The Balaban J connectivity index is 2.23. The van der Waals surface area contributed by atoms with Crippen LogP contribution in [-0.4, -0.2) is 24.1 Å². The molecule has 0 aromatic carbocycles. The van der Waals surface area contributed by atoms with Gasteiger partial charge in [-0.1, -0.05) is 0 Å². The normalized spacial score (nSPS) is 33.0. The fourth-order valence-electron chi connectivity index (χ4n) is 1.04. The zero-order chi connectivity index (χ0) is 5.98. The minimum Gasteiger partial charge on any atom is -0.326 e. The van der Waals surface area contributed by atoms with Gasteiger partial charge in [0, 0.05) is 19.1 Å². The Morgan fingerprint density at radius 3 is 2.62 bits per heavy atom. The van der Waals surface area contributed by atoms with Crippen LogP contribution < -0.4 is 11.6 Å². The van der Waals surface area contributed by atoms with Gasteiger partial charge in [-0.2, -0.15) is 0 Å². The molecule has 1 heterocycles. The molecule has 1 aliphatic heterocycles. The lowest BCUT2D eigenvalue weighted by Gasteiger charge is -2.25. The van der Waals surface area contributed by atoms with Crippen LogP contribution in [0.2, 0.25) is 0 Å². The second-order valence-corrected chi connectivity index (χ2v) is 2.40. The summed E-state index contributed by atoms with van der Waals surface area (Å²) in [4.78, 5) is 0. The Kier molecular flexibility index (Phi) is 1.83. The number of hydrogen-bond donors (Lipinski definition) is 2. The second kappa shape index (κ2) is 2.44. The summed E-state index contributed by atoms with van der Waals surface area (Å²) in [6, 6.07) is 0.314. The predicted octanol–water partition coefficient (Wildman–Crippen LogP) is -0.717. The van der Waals surface area contributed by atoms with Crippen LogP contribution in [0.3, 0.4) is 0 Å². The van der Waals surface area contributed by atoms with Gasteiger partial charge in [-0.15, -0.1) is 0 Å². The molecule has 1 atom stereocenters. The van der Waals surface area contributed by atoms with Crippen LogP contribution in [0.4, 0.5) is 0 Å². The van der Waals surface area contributed by atoms with Gasteiger partial charge in [0.15, 0.2) is 0 Å². The van der Waals surface area contributed by atoms with Gasteiger partial charge in [0.2, 0.25) is 0 Å². The molecular formula is C5H13N3. The molecule has 1 aliphatic rings. The number of rotatable bonds is 0. The first-order valence-electron chi connectivity index (χ1n) is 3.04. The summed E-state index contributed by atoms with van der Waals surface area (Å²) < 4.78 is 0. The van der Waals surface area contributed by atoms with Gasteiger partial charge in [-0.05, 0) is 12.8 Å². The molecule has 3 heteroatoms. The Bertz CT molecular complexity index is 66.1. The van der Waals surface area contributed by atoms with Crippen molar-refractivity contribution >= 4 is 0 Å². The summed E-state index contributed by atoms with van der Waals surface area (Å²) in [5.74, 6) is 5.48. The van der Waals surface area contributed by atoms with Gasteiger partial charge in [0.05, 0.1) is 0 Å². The van der Waals surface area contributed by atoms with Crippen molar-refractivity contribution in [1.29, 1.82) is 0 Å². The summed E-state index contributed by atoms with van der Waals surface area (Å²) in [6.45, 7) is 1.87. The lowest BCUT2D eigenvalue weighted by atomic mass is 10.1. The standard InChI is InChI=1S/C5H13N3/c6-5-2-1-3-8(7)4-5/h5H,1-4,6-7H2/t5-/m0/s1. The zero-order valence-electron chi connectivity index (χ0n) is 5.01. The molecule has 1 fully saturated rings.